The van der Waals surface area contributed by atoms with Crippen molar-refractivity contribution in [3.8, 4) is 11.3 Å². The number of rotatable bonds is 3. The largest absolute Gasteiger partial charge is 0.377 e. The Balaban J connectivity index is 1.43. The van der Waals surface area contributed by atoms with E-state index in [1.807, 2.05) is 6.07 Å². The summed E-state index contributed by atoms with van der Waals surface area (Å²) in [4.78, 5) is 31.1. The summed E-state index contributed by atoms with van der Waals surface area (Å²) >= 11 is 0. The van der Waals surface area contributed by atoms with E-state index in [2.05, 4.69) is 19.9 Å². The number of piperidine rings is 1. The first-order chi connectivity index (χ1) is 12.7. The second-order valence-electron chi connectivity index (χ2n) is 6.76. The van der Waals surface area contributed by atoms with Crippen LogP contribution in [0.25, 0.3) is 11.3 Å². The number of aromatic nitrogens is 4. The van der Waals surface area contributed by atoms with Crippen LogP contribution in [-0.4, -0.2) is 62.7 Å². The van der Waals surface area contributed by atoms with Gasteiger partial charge < -0.3 is 9.64 Å². The fourth-order valence-electron chi connectivity index (χ4n) is 3.50. The lowest BCUT2D eigenvalue weighted by Gasteiger charge is -2.34. The molecule has 0 aromatic carbocycles. The Morgan fingerprint density at radius 2 is 2.04 bits per heavy atom. The van der Waals surface area contributed by atoms with Crippen LogP contribution in [0.1, 0.15) is 31.0 Å². The van der Waals surface area contributed by atoms with Crippen molar-refractivity contribution in [2.24, 2.45) is 0 Å². The lowest BCUT2D eigenvalue weighted by molar-refractivity contribution is -0.145. The van der Waals surface area contributed by atoms with Crippen LogP contribution < -0.4 is 0 Å². The summed E-state index contributed by atoms with van der Waals surface area (Å²) in [5, 5.41) is 0. The molecular formula is C18H20FN5O2. The van der Waals surface area contributed by atoms with Gasteiger partial charge in [0, 0.05) is 49.6 Å². The minimum atomic E-state index is -1.85. The monoisotopic (exact) mass is 357 g/mol. The van der Waals surface area contributed by atoms with Crippen molar-refractivity contribution in [2.45, 2.75) is 30.8 Å². The normalized spacial score (nSPS) is 24.0. The molecule has 2 aliphatic heterocycles. The predicted octanol–water partition coefficient (Wildman–Crippen LogP) is 1.77. The van der Waals surface area contributed by atoms with Gasteiger partial charge in [0.05, 0.1) is 18.9 Å². The van der Waals surface area contributed by atoms with Crippen LogP contribution in [0.4, 0.5) is 4.39 Å². The van der Waals surface area contributed by atoms with E-state index in [0.29, 0.717) is 19.7 Å². The van der Waals surface area contributed by atoms with Crippen LogP contribution in [0, 0.1) is 0 Å². The smallest absolute Gasteiger partial charge is 0.262 e. The predicted molar refractivity (Wildman–Crippen MR) is 90.9 cm³/mol. The quantitative estimate of drug-likeness (QED) is 0.833. The van der Waals surface area contributed by atoms with Crippen molar-refractivity contribution in [1.82, 2.24) is 24.8 Å². The van der Waals surface area contributed by atoms with E-state index < -0.39 is 11.6 Å². The van der Waals surface area contributed by atoms with Crippen molar-refractivity contribution >= 4 is 5.91 Å². The molecule has 2 saturated heterocycles. The number of ether oxygens (including phenoxy) is 1. The van der Waals surface area contributed by atoms with Gasteiger partial charge in [-0.25, -0.2) is 24.3 Å². The highest BCUT2D eigenvalue weighted by Gasteiger charge is 2.45. The Kier molecular flexibility index (Phi) is 4.58. The first-order valence-electron chi connectivity index (χ1n) is 8.80. The average Bonchev–Trinajstić information content (AvgIpc) is 3.16. The molecule has 2 fully saturated rings. The van der Waals surface area contributed by atoms with Gasteiger partial charge in [0.15, 0.2) is 0 Å². The van der Waals surface area contributed by atoms with Crippen LogP contribution in [0.15, 0.2) is 31.0 Å². The van der Waals surface area contributed by atoms with Crippen molar-refractivity contribution in [1.29, 1.82) is 0 Å². The molecule has 8 heteroatoms. The van der Waals surface area contributed by atoms with Gasteiger partial charge >= 0.3 is 0 Å². The highest BCUT2D eigenvalue weighted by atomic mass is 19.1. The molecular weight excluding hydrogens is 337 g/mol. The number of hydrogen-bond donors (Lipinski definition) is 0. The summed E-state index contributed by atoms with van der Waals surface area (Å²) < 4.78 is 19.7. The first kappa shape index (κ1) is 17.0. The van der Waals surface area contributed by atoms with Gasteiger partial charge in [0.25, 0.3) is 5.91 Å². The van der Waals surface area contributed by atoms with Gasteiger partial charge in [-0.15, -0.1) is 0 Å². The van der Waals surface area contributed by atoms with Crippen LogP contribution in [-0.2, 0) is 9.53 Å². The van der Waals surface area contributed by atoms with Crippen LogP contribution in [0.3, 0.4) is 0 Å². The minimum absolute atomic E-state index is 0.129. The zero-order valence-corrected chi connectivity index (χ0v) is 14.3. The summed E-state index contributed by atoms with van der Waals surface area (Å²) in [5.41, 5.74) is -0.236. The molecule has 0 saturated carbocycles. The average molecular weight is 357 g/mol. The molecule has 0 radical (unpaired) electrons. The van der Waals surface area contributed by atoms with Gasteiger partial charge in [-0.2, -0.15) is 0 Å². The summed E-state index contributed by atoms with van der Waals surface area (Å²) in [7, 11) is 0. The third-order valence-corrected chi connectivity index (χ3v) is 5.03. The molecule has 26 heavy (non-hydrogen) atoms. The van der Waals surface area contributed by atoms with Crippen molar-refractivity contribution in [2.75, 3.05) is 26.3 Å². The molecule has 0 N–H and O–H groups in total. The number of alkyl halides is 1. The van der Waals surface area contributed by atoms with E-state index in [4.69, 9.17) is 4.74 Å². The topological polar surface area (TPSA) is 81.1 Å². The molecule has 2 aromatic heterocycles. The van der Waals surface area contributed by atoms with Crippen molar-refractivity contribution < 1.29 is 13.9 Å². The number of amides is 1. The van der Waals surface area contributed by atoms with Crippen LogP contribution in [0.2, 0.25) is 0 Å². The first-order valence-corrected chi connectivity index (χ1v) is 8.80. The van der Waals surface area contributed by atoms with E-state index in [-0.39, 0.29) is 18.9 Å². The third-order valence-electron chi connectivity index (χ3n) is 5.03. The lowest BCUT2D eigenvalue weighted by Crippen LogP contribution is -2.49. The zero-order valence-electron chi connectivity index (χ0n) is 14.3. The fraction of sp³-hybridized carbons (Fsp3) is 0.500. The molecule has 1 unspecified atom stereocenters. The second-order valence-corrected chi connectivity index (χ2v) is 6.76. The Hall–Kier alpha value is -2.48. The molecule has 0 spiro atoms. The van der Waals surface area contributed by atoms with Crippen molar-refractivity contribution in [3.63, 3.8) is 0 Å². The Bertz CT molecular complexity index is 774. The number of hydrogen-bond acceptors (Lipinski definition) is 6. The third kappa shape index (κ3) is 3.29. The summed E-state index contributed by atoms with van der Waals surface area (Å²) in [5.74, 6) is 0.459. The number of halogens is 1. The molecule has 136 valence electrons. The number of likely N-dealkylation sites (tertiary alicyclic amines) is 1. The highest BCUT2D eigenvalue weighted by Crippen LogP contribution is 2.31. The molecule has 4 heterocycles. The molecule has 0 aliphatic carbocycles. The summed E-state index contributed by atoms with van der Waals surface area (Å²) in [6.07, 6.45) is 8.22. The highest BCUT2D eigenvalue weighted by molar-refractivity contribution is 5.85. The minimum Gasteiger partial charge on any atom is -0.377 e. The summed E-state index contributed by atoms with van der Waals surface area (Å²) in [6.45, 7) is 1.20. The fourth-order valence-corrected chi connectivity index (χ4v) is 3.50. The van der Waals surface area contributed by atoms with E-state index in [9.17, 15) is 9.18 Å². The van der Waals surface area contributed by atoms with Gasteiger partial charge in [-0.1, -0.05) is 0 Å². The van der Waals surface area contributed by atoms with Crippen LogP contribution in [0.5, 0.6) is 0 Å². The van der Waals surface area contributed by atoms with Gasteiger partial charge in [-0.3, -0.25) is 4.79 Å². The van der Waals surface area contributed by atoms with E-state index >= 15 is 0 Å². The molecule has 7 nitrogen and oxygen atoms in total. The van der Waals surface area contributed by atoms with E-state index in [1.165, 1.54) is 6.33 Å². The maximum atomic E-state index is 14.6. The maximum Gasteiger partial charge on any atom is 0.262 e. The van der Waals surface area contributed by atoms with Gasteiger partial charge in [0.2, 0.25) is 5.67 Å². The molecule has 2 aliphatic rings. The van der Waals surface area contributed by atoms with Gasteiger partial charge in [0.1, 0.15) is 12.2 Å². The molecule has 1 atom stereocenters. The van der Waals surface area contributed by atoms with E-state index in [0.717, 1.165) is 29.9 Å². The summed E-state index contributed by atoms with van der Waals surface area (Å²) in [6, 6.07) is 1.83. The van der Waals surface area contributed by atoms with E-state index in [1.54, 1.807) is 23.5 Å². The molecule has 4 rings (SSSR count). The number of nitrogens with zero attached hydrogens (tertiary/aromatic N) is 5. The Morgan fingerprint density at radius 3 is 2.73 bits per heavy atom. The lowest BCUT2D eigenvalue weighted by atomic mass is 9.94. The molecule has 2 aromatic rings. The standard InChI is InChI=1S/C18H20FN5O2/c19-18(4-8-26-11-18)17(25)24-6-2-13(3-7-24)16-22-5-1-15(23-16)14-9-20-12-21-10-14/h1,5,9-10,12-13H,2-4,6-8,11H2. The molecule has 1 amide bonds. The van der Waals surface area contributed by atoms with Gasteiger partial charge in [-0.05, 0) is 18.9 Å². The Labute approximate surface area is 150 Å². The number of carbonyl (C=O) groups excluding carboxylic acids is 1. The molecule has 0 bridgehead atoms. The number of carbonyl (C=O) groups is 1. The second kappa shape index (κ2) is 7.03. The van der Waals surface area contributed by atoms with Crippen molar-refractivity contribution in [3.05, 3.63) is 36.8 Å². The Morgan fingerprint density at radius 1 is 1.27 bits per heavy atom. The van der Waals surface area contributed by atoms with Crippen LogP contribution >= 0.6 is 0 Å². The zero-order chi connectivity index (χ0) is 18.0. The maximum absolute atomic E-state index is 14.6. The SMILES string of the molecule is O=C(N1CCC(c2nccc(-c3cncnc3)n2)CC1)C1(F)CCOC1.